The summed E-state index contributed by atoms with van der Waals surface area (Å²) in [7, 11) is 10.5. The van der Waals surface area contributed by atoms with Crippen molar-refractivity contribution < 1.29 is 5.11 Å². The Labute approximate surface area is 164 Å². The molecule has 164 valence electrons. The maximum Gasteiger partial charge on any atom is 0.0668 e. The van der Waals surface area contributed by atoms with Crippen molar-refractivity contribution in [1.82, 2.24) is 16.0 Å². The van der Waals surface area contributed by atoms with E-state index in [-0.39, 0.29) is 5.66 Å². The third-order valence-corrected chi connectivity index (χ3v) is 4.56. The number of nitrogens with two attached hydrogens (primary N) is 3. The van der Waals surface area contributed by atoms with Gasteiger partial charge in [-0.25, -0.2) is 0 Å². The van der Waals surface area contributed by atoms with Crippen LogP contribution < -0.4 is 33.2 Å². The molecule has 0 aromatic heterocycles. The maximum absolute atomic E-state index is 9.40. The predicted molar refractivity (Wildman–Crippen MR) is 118 cm³/mol. The van der Waals surface area contributed by atoms with Gasteiger partial charge in [-0.05, 0) is 80.8 Å². The van der Waals surface area contributed by atoms with Gasteiger partial charge in [0, 0.05) is 12.6 Å². The summed E-state index contributed by atoms with van der Waals surface area (Å²) in [6.45, 7) is 4.74. The van der Waals surface area contributed by atoms with E-state index in [1.54, 1.807) is 0 Å². The molecule has 7 nitrogen and oxygen atoms in total. The molecule has 0 amide bonds. The zero-order valence-corrected chi connectivity index (χ0v) is 19.0. The molecule has 0 saturated carbocycles. The van der Waals surface area contributed by atoms with E-state index in [4.69, 9.17) is 0 Å². The Morgan fingerprint density at radius 2 is 1.31 bits per heavy atom. The van der Waals surface area contributed by atoms with Crippen LogP contribution >= 0.6 is 0 Å². The average Bonchev–Trinajstić information content (AvgIpc) is 2.73. The monoisotopic (exact) mass is 380 g/mol. The fraction of sp³-hybridized carbons (Fsp3) is 1.00. The van der Waals surface area contributed by atoms with Crippen molar-refractivity contribution in [2.45, 2.75) is 70.5 Å². The summed E-state index contributed by atoms with van der Waals surface area (Å²) in [5, 5.41) is 19.5. The highest BCUT2D eigenvalue weighted by molar-refractivity contribution is 4.83. The third kappa shape index (κ3) is 20.0. The van der Waals surface area contributed by atoms with Crippen LogP contribution in [-0.4, -0.2) is 65.7 Å². The molecule has 26 heavy (non-hydrogen) atoms. The number of nitrogens with one attached hydrogen (secondary N) is 3. The van der Waals surface area contributed by atoms with Gasteiger partial charge in [0.25, 0.3) is 0 Å². The lowest BCUT2D eigenvalue weighted by molar-refractivity contribution is 0.200. The van der Waals surface area contributed by atoms with Crippen LogP contribution in [0.2, 0.25) is 0 Å². The lowest BCUT2D eigenvalue weighted by Crippen LogP contribution is -2.54. The molecule has 0 aliphatic rings. The normalized spacial score (nSPS) is 12.5. The van der Waals surface area contributed by atoms with Crippen molar-refractivity contribution in [3.63, 3.8) is 0 Å². The van der Waals surface area contributed by atoms with Crippen LogP contribution in [0.3, 0.4) is 0 Å². The topological polar surface area (TPSA) is 134 Å². The number of hydrogen-bond acceptors (Lipinski definition) is 7. The number of aliphatic hydroxyl groups is 1. The van der Waals surface area contributed by atoms with Gasteiger partial charge in [0.1, 0.15) is 0 Å². The van der Waals surface area contributed by atoms with Gasteiger partial charge in [-0.2, -0.15) is 0 Å². The first-order valence-corrected chi connectivity index (χ1v) is 9.94. The highest BCUT2D eigenvalue weighted by atomic mass is 16.3. The van der Waals surface area contributed by atoms with E-state index >= 15 is 0 Å². The van der Waals surface area contributed by atoms with Gasteiger partial charge >= 0.3 is 0 Å². The molecule has 10 N–H and O–H groups in total. The molecule has 0 rings (SSSR count). The van der Waals surface area contributed by atoms with Crippen molar-refractivity contribution in [2.24, 2.45) is 23.1 Å². The molecule has 2 atom stereocenters. The zero-order chi connectivity index (χ0) is 21.4. The summed E-state index contributed by atoms with van der Waals surface area (Å²) in [5.41, 5.74) is 13.5. The smallest absolute Gasteiger partial charge is 0.0668 e. The molecule has 0 heterocycles. The van der Waals surface area contributed by atoms with E-state index in [9.17, 15) is 5.11 Å². The number of rotatable bonds is 13. The molecule has 0 radical (unpaired) electrons. The second-order valence-electron chi connectivity index (χ2n) is 6.14. The van der Waals surface area contributed by atoms with E-state index in [0.717, 1.165) is 19.3 Å². The average molecular weight is 381 g/mol. The Kier molecular flexibility index (Phi) is 34.5. The largest absolute Gasteiger partial charge is 0.396 e. The van der Waals surface area contributed by atoms with Crippen LogP contribution in [0.4, 0.5) is 0 Å². The Balaban J connectivity index is -0.000000362. The second kappa shape index (κ2) is 26.9. The molecule has 7 heteroatoms. The Morgan fingerprint density at radius 3 is 1.65 bits per heavy atom. The highest BCUT2D eigenvalue weighted by Gasteiger charge is 2.23. The molecule has 0 aromatic carbocycles. The molecule has 0 fully saturated rings. The van der Waals surface area contributed by atoms with Crippen molar-refractivity contribution in [3.05, 3.63) is 0 Å². The van der Waals surface area contributed by atoms with Crippen LogP contribution in [0.25, 0.3) is 0 Å². The quantitative estimate of drug-likeness (QED) is 0.235. The van der Waals surface area contributed by atoms with E-state index in [1.807, 2.05) is 21.1 Å². The SMILES string of the molecule is CCCCC(CO)CCCC(CC(C)(NC)NC)NC.CN.CN.CN. The van der Waals surface area contributed by atoms with E-state index in [0.29, 0.717) is 18.6 Å². The lowest BCUT2D eigenvalue weighted by Gasteiger charge is -2.33. The number of unbranched alkanes of at least 4 members (excludes halogenated alkanes) is 1. The van der Waals surface area contributed by atoms with Gasteiger partial charge in [-0.1, -0.05) is 26.2 Å². The molecular formula is C19H52N6O. The fourth-order valence-electron chi connectivity index (χ4n) is 2.64. The van der Waals surface area contributed by atoms with Crippen LogP contribution in [0.5, 0.6) is 0 Å². The highest BCUT2D eigenvalue weighted by Crippen LogP contribution is 2.18. The van der Waals surface area contributed by atoms with Crippen LogP contribution in [0, 0.1) is 5.92 Å². The summed E-state index contributed by atoms with van der Waals surface area (Å²) in [4.78, 5) is 0. The summed E-state index contributed by atoms with van der Waals surface area (Å²) < 4.78 is 0. The van der Waals surface area contributed by atoms with Crippen molar-refractivity contribution >= 4 is 0 Å². The third-order valence-electron chi connectivity index (χ3n) is 4.56. The minimum Gasteiger partial charge on any atom is -0.396 e. The number of aliphatic hydroxyl groups excluding tert-OH is 1. The fourth-order valence-corrected chi connectivity index (χ4v) is 2.64. The van der Waals surface area contributed by atoms with Gasteiger partial charge in [0.2, 0.25) is 0 Å². The van der Waals surface area contributed by atoms with Crippen LogP contribution in [0.15, 0.2) is 0 Å². The summed E-state index contributed by atoms with van der Waals surface area (Å²) in [6.07, 6.45) is 8.17. The van der Waals surface area contributed by atoms with Gasteiger partial charge in [-0.3, -0.25) is 0 Å². The van der Waals surface area contributed by atoms with Crippen LogP contribution in [-0.2, 0) is 0 Å². The maximum atomic E-state index is 9.40. The van der Waals surface area contributed by atoms with E-state index in [2.05, 4.69) is 47.0 Å². The number of hydrogen-bond donors (Lipinski definition) is 7. The standard InChI is InChI=1S/C16H37N3O.3CH5N/c1-6-7-9-14(13-20)10-8-11-15(17-3)12-16(2,18-4)19-5;3*1-2/h14-15,17-20H,6-13H2,1-5H3;3*2H2,1H3. The first kappa shape index (κ1) is 33.3. The van der Waals surface area contributed by atoms with Crippen LogP contribution in [0.1, 0.15) is 58.8 Å². The zero-order valence-electron chi connectivity index (χ0n) is 19.0. The minimum atomic E-state index is -0.0216. The lowest BCUT2D eigenvalue weighted by atomic mass is 9.93. The summed E-state index contributed by atoms with van der Waals surface area (Å²) >= 11 is 0. The van der Waals surface area contributed by atoms with E-state index in [1.165, 1.54) is 46.8 Å². The van der Waals surface area contributed by atoms with Gasteiger partial charge in [0.15, 0.2) is 0 Å². The van der Waals surface area contributed by atoms with E-state index < -0.39 is 0 Å². The Hall–Kier alpha value is -0.280. The molecule has 0 aliphatic carbocycles. The summed E-state index contributed by atoms with van der Waals surface area (Å²) in [5.74, 6) is 0.493. The first-order valence-electron chi connectivity index (χ1n) is 9.94. The summed E-state index contributed by atoms with van der Waals surface area (Å²) in [6, 6.07) is 0.505. The molecule has 0 bridgehead atoms. The van der Waals surface area contributed by atoms with Crippen molar-refractivity contribution in [3.8, 4) is 0 Å². The van der Waals surface area contributed by atoms with Gasteiger partial charge in [0.05, 0.1) is 5.66 Å². The molecule has 0 aliphatic heterocycles. The Bertz CT molecular complexity index is 228. The minimum absolute atomic E-state index is 0.0216. The van der Waals surface area contributed by atoms with Crippen molar-refractivity contribution in [1.29, 1.82) is 0 Å². The second-order valence-corrected chi connectivity index (χ2v) is 6.14. The molecular weight excluding hydrogens is 328 g/mol. The van der Waals surface area contributed by atoms with Crippen molar-refractivity contribution in [2.75, 3.05) is 48.9 Å². The molecule has 0 spiro atoms. The Morgan fingerprint density at radius 1 is 0.846 bits per heavy atom. The molecule has 0 saturated heterocycles. The van der Waals surface area contributed by atoms with Gasteiger partial charge < -0.3 is 38.3 Å². The predicted octanol–water partition coefficient (Wildman–Crippen LogP) is 0.813. The molecule has 2 unspecified atom stereocenters. The molecule has 0 aromatic rings. The van der Waals surface area contributed by atoms with Gasteiger partial charge in [-0.15, -0.1) is 0 Å². The first-order chi connectivity index (χ1) is 12.5.